The van der Waals surface area contributed by atoms with Crippen LogP contribution in [0.3, 0.4) is 0 Å². The molecule has 0 N–H and O–H groups in total. The minimum absolute atomic E-state index is 0.132. The number of aryl methyl sites for hydroxylation is 3. The maximum absolute atomic E-state index is 12.3. The molecule has 0 atom stereocenters. The van der Waals surface area contributed by atoms with Crippen molar-refractivity contribution < 1.29 is 4.79 Å². The van der Waals surface area contributed by atoms with Crippen LogP contribution in [0.2, 0.25) is 0 Å². The minimum Gasteiger partial charge on any atom is -0.294 e. The van der Waals surface area contributed by atoms with Crippen molar-refractivity contribution in [3.05, 3.63) is 52.3 Å². The van der Waals surface area contributed by atoms with Crippen molar-refractivity contribution in [2.75, 3.05) is 0 Å². The summed E-state index contributed by atoms with van der Waals surface area (Å²) in [6, 6.07) is 8.84. The van der Waals surface area contributed by atoms with E-state index in [1.807, 2.05) is 0 Å². The Morgan fingerprint density at radius 1 is 0.957 bits per heavy atom. The summed E-state index contributed by atoms with van der Waals surface area (Å²) in [5, 5.41) is 0. The number of rotatable bonds is 0. The Kier molecular flexibility index (Phi) is 3.19. The van der Waals surface area contributed by atoms with Crippen LogP contribution in [-0.2, 0) is 18.3 Å². The van der Waals surface area contributed by atoms with E-state index in [4.69, 9.17) is 4.98 Å². The van der Waals surface area contributed by atoms with Crippen LogP contribution in [0, 0.1) is 6.92 Å². The van der Waals surface area contributed by atoms with Crippen molar-refractivity contribution in [1.82, 2.24) is 4.98 Å². The van der Waals surface area contributed by atoms with Crippen LogP contribution in [0.25, 0.3) is 11.1 Å². The average molecular weight is 305 g/mol. The van der Waals surface area contributed by atoms with Crippen LogP contribution < -0.4 is 0 Å². The molecule has 23 heavy (non-hydrogen) atoms. The number of Topliss-reactive ketones (excluding diaryl/α,β-unsaturated/α-hetero) is 1. The van der Waals surface area contributed by atoms with E-state index in [-0.39, 0.29) is 11.2 Å². The van der Waals surface area contributed by atoms with Crippen LogP contribution >= 0.6 is 0 Å². The van der Waals surface area contributed by atoms with Gasteiger partial charge in [-0.25, -0.2) is 0 Å². The molecule has 2 heteroatoms. The van der Waals surface area contributed by atoms with Crippen LogP contribution in [0.1, 0.15) is 66.0 Å². The monoisotopic (exact) mass is 305 g/mol. The highest BCUT2D eigenvalue weighted by Crippen LogP contribution is 2.42. The van der Waals surface area contributed by atoms with Gasteiger partial charge in [0.25, 0.3) is 0 Å². The Hall–Kier alpha value is -1.96. The van der Waals surface area contributed by atoms with E-state index in [0.29, 0.717) is 6.42 Å². The zero-order valence-corrected chi connectivity index (χ0v) is 14.2. The molecule has 1 aromatic carbocycles. The summed E-state index contributed by atoms with van der Waals surface area (Å²) in [6.07, 6.45) is 4.63. The zero-order chi connectivity index (χ0) is 16.2. The predicted octanol–water partition coefficient (Wildman–Crippen LogP) is 4.80. The molecule has 0 spiro atoms. The standard InChI is InChI=1S/C21H23NO/c1-13-7-8-14-15-12-16-18(5-4-6-20(16)23)22-19(15)9-10-21(2,3)17(14)11-13/h7-8,11-12H,4-6,9-10H2,1-3H3. The Balaban J connectivity index is 1.99. The molecule has 2 aliphatic carbocycles. The molecule has 0 saturated carbocycles. The Morgan fingerprint density at radius 2 is 1.74 bits per heavy atom. The van der Waals surface area contributed by atoms with Gasteiger partial charge in [0.1, 0.15) is 0 Å². The lowest BCUT2D eigenvalue weighted by Crippen LogP contribution is -2.17. The fourth-order valence-corrected chi connectivity index (χ4v) is 4.02. The van der Waals surface area contributed by atoms with Crippen LogP contribution in [0.15, 0.2) is 24.3 Å². The highest BCUT2D eigenvalue weighted by molar-refractivity contribution is 5.99. The molecule has 1 heterocycles. The molecule has 2 aliphatic rings. The van der Waals surface area contributed by atoms with Crippen molar-refractivity contribution in [2.24, 2.45) is 0 Å². The number of ketones is 1. The number of carbonyl (C=O) groups excluding carboxylic acids is 1. The first kappa shape index (κ1) is 14.6. The van der Waals surface area contributed by atoms with E-state index >= 15 is 0 Å². The van der Waals surface area contributed by atoms with Crippen LogP contribution in [0.5, 0.6) is 0 Å². The number of pyridine rings is 1. The third kappa shape index (κ3) is 2.32. The zero-order valence-electron chi connectivity index (χ0n) is 14.2. The summed E-state index contributed by atoms with van der Waals surface area (Å²) >= 11 is 0. The van der Waals surface area contributed by atoms with Gasteiger partial charge in [0.15, 0.2) is 5.78 Å². The van der Waals surface area contributed by atoms with Gasteiger partial charge in [-0.15, -0.1) is 0 Å². The molecule has 2 aromatic rings. The topological polar surface area (TPSA) is 30.0 Å². The second kappa shape index (κ2) is 5.02. The molecule has 0 radical (unpaired) electrons. The summed E-state index contributed by atoms with van der Waals surface area (Å²) in [5.41, 5.74) is 8.32. The Bertz CT molecular complexity index is 817. The van der Waals surface area contributed by atoms with E-state index in [1.165, 1.54) is 27.9 Å². The summed E-state index contributed by atoms with van der Waals surface area (Å²) in [5.74, 6) is 0.263. The molecule has 0 unspecified atom stereocenters. The first-order valence-corrected chi connectivity index (χ1v) is 8.63. The number of nitrogens with zero attached hydrogens (tertiary/aromatic N) is 1. The largest absolute Gasteiger partial charge is 0.294 e. The van der Waals surface area contributed by atoms with Crippen molar-refractivity contribution in [1.29, 1.82) is 0 Å². The van der Waals surface area contributed by atoms with E-state index in [2.05, 4.69) is 45.0 Å². The lowest BCUT2D eigenvalue weighted by Gasteiger charge is -2.26. The average Bonchev–Trinajstić information content (AvgIpc) is 2.62. The number of benzene rings is 1. The van der Waals surface area contributed by atoms with Gasteiger partial charge in [-0.1, -0.05) is 37.6 Å². The molecule has 118 valence electrons. The number of hydrogen-bond donors (Lipinski definition) is 0. The number of hydrogen-bond acceptors (Lipinski definition) is 2. The van der Waals surface area contributed by atoms with Crippen molar-refractivity contribution in [3.63, 3.8) is 0 Å². The molecule has 4 rings (SSSR count). The highest BCUT2D eigenvalue weighted by Gasteiger charge is 2.30. The normalized spacial score (nSPS) is 18.7. The maximum Gasteiger partial charge on any atom is 0.164 e. The summed E-state index contributed by atoms with van der Waals surface area (Å²) < 4.78 is 0. The smallest absolute Gasteiger partial charge is 0.164 e. The Labute approximate surface area is 138 Å². The molecule has 0 aliphatic heterocycles. The number of aromatic nitrogens is 1. The van der Waals surface area contributed by atoms with E-state index in [9.17, 15) is 4.79 Å². The van der Waals surface area contributed by atoms with Crippen molar-refractivity contribution >= 4 is 5.78 Å². The molecular weight excluding hydrogens is 282 g/mol. The maximum atomic E-state index is 12.3. The summed E-state index contributed by atoms with van der Waals surface area (Å²) in [7, 11) is 0. The van der Waals surface area contributed by atoms with E-state index < -0.39 is 0 Å². The van der Waals surface area contributed by atoms with Gasteiger partial charge in [0.05, 0.1) is 5.69 Å². The van der Waals surface area contributed by atoms with Gasteiger partial charge in [0.2, 0.25) is 0 Å². The molecule has 1 aromatic heterocycles. The van der Waals surface area contributed by atoms with Crippen molar-refractivity contribution in [3.8, 4) is 11.1 Å². The molecule has 2 nitrogen and oxygen atoms in total. The highest BCUT2D eigenvalue weighted by atomic mass is 16.1. The first-order valence-electron chi connectivity index (χ1n) is 8.63. The van der Waals surface area contributed by atoms with Gasteiger partial charge in [-0.2, -0.15) is 0 Å². The van der Waals surface area contributed by atoms with Crippen molar-refractivity contribution in [2.45, 2.75) is 58.3 Å². The second-order valence-electron chi connectivity index (χ2n) is 7.69. The number of carbonyl (C=O) groups is 1. The molecule has 0 fully saturated rings. The van der Waals surface area contributed by atoms with E-state index in [0.717, 1.165) is 36.9 Å². The lowest BCUT2D eigenvalue weighted by atomic mass is 9.78. The van der Waals surface area contributed by atoms with Gasteiger partial charge in [-0.05, 0) is 55.2 Å². The second-order valence-corrected chi connectivity index (χ2v) is 7.69. The molecule has 0 bridgehead atoms. The SMILES string of the molecule is Cc1ccc2c(c1)C(C)(C)CCc1nc3c(cc1-2)C(=O)CCC3. The van der Waals surface area contributed by atoms with Gasteiger partial charge >= 0.3 is 0 Å². The Morgan fingerprint density at radius 3 is 2.57 bits per heavy atom. The molecular formula is C21H23NO. The fraction of sp³-hybridized carbons (Fsp3) is 0.429. The number of fused-ring (bicyclic) bond motifs is 4. The third-order valence-electron chi connectivity index (χ3n) is 5.48. The van der Waals surface area contributed by atoms with Crippen LogP contribution in [-0.4, -0.2) is 10.8 Å². The van der Waals surface area contributed by atoms with E-state index in [1.54, 1.807) is 0 Å². The third-order valence-corrected chi connectivity index (χ3v) is 5.48. The van der Waals surface area contributed by atoms with Gasteiger partial charge in [-0.3, -0.25) is 9.78 Å². The van der Waals surface area contributed by atoms with Gasteiger partial charge in [0, 0.05) is 23.2 Å². The summed E-state index contributed by atoms with van der Waals surface area (Å²) in [6.45, 7) is 6.79. The summed E-state index contributed by atoms with van der Waals surface area (Å²) in [4.78, 5) is 17.2. The molecule has 0 amide bonds. The fourth-order valence-electron chi connectivity index (χ4n) is 4.02. The quantitative estimate of drug-likeness (QED) is 0.700. The molecule has 0 saturated heterocycles. The minimum atomic E-state index is 0.132. The van der Waals surface area contributed by atoms with Crippen LogP contribution in [0.4, 0.5) is 0 Å². The lowest BCUT2D eigenvalue weighted by molar-refractivity contribution is 0.0971. The predicted molar refractivity (Wildman–Crippen MR) is 93.0 cm³/mol. The van der Waals surface area contributed by atoms with Gasteiger partial charge < -0.3 is 0 Å². The first-order chi connectivity index (χ1) is 11.0.